The zero-order valence-electron chi connectivity index (χ0n) is 13.7. The summed E-state index contributed by atoms with van der Waals surface area (Å²) in [5, 5.41) is 0. The lowest BCUT2D eigenvalue weighted by Crippen LogP contribution is -2.31. The molecule has 0 fully saturated rings. The Hall–Kier alpha value is -2.53. The van der Waals surface area contributed by atoms with Crippen LogP contribution in [0.4, 0.5) is 0 Å². The first-order valence-corrected chi connectivity index (χ1v) is 8.13. The van der Waals surface area contributed by atoms with Crippen LogP contribution in [0.3, 0.4) is 0 Å². The largest absolute Gasteiger partial charge is 0.497 e. The van der Waals surface area contributed by atoms with E-state index in [1.165, 1.54) is 11.1 Å². The van der Waals surface area contributed by atoms with Gasteiger partial charge in [-0.25, -0.2) is 0 Å². The summed E-state index contributed by atoms with van der Waals surface area (Å²) in [4.78, 5) is 7.15. The van der Waals surface area contributed by atoms with Crippen molar-refractivity contribution in [2.45, 2.75) is 12.6 Å². The molecule has 5 nitrogen and oxygen atoms in total. The number of methoxy groups -OCH3 is 1. The second kappa shape index (κ2) is 4.98. The van der Waals surface area contributed by atoms with E-state index in [1.807, 2.05) is 18.3 Å². The average Bonchev–Trinajstić information content (AvgIpc) is 3.00. The van der Waals surface area contributed by atoms with Crippen LogP contribution in [0.5, 0.6) is 17.2 Å². The van der Waals surface area contributed by atoms with Crippen LogP contribution in [-0.4, -0.2) is 38.6 Å². The van der Waals surface area contributed by atoms with Gasteiger partial charge in [0, 0.05) is 29.4 Å². The second-order valence-electron chi connectivity index (χ2n) is 6.39. The van der Waals surface area contributed by atoms with Crippen LogP contribution in [-0.2, 0) is 6.42 Å². The summed E-state index contributed by atoms with van der Waals surface area (Å²) < 4.78 is 16.9. The Morgan fingerprint density at radius 1 is 1.25 bits per heavy atom. The quantitative estimate of drug-likeness (QED) is 0.809. The number of fused-ring (bicyclic) bond motifs is 4. The van der Waals surface area contributed by atoms with Crippen LogP contribution in [0.15, 0.2) is 29.3 Å². The van der Waals surface area contributed by atoms with E-state index in [9.17, 15) is 0 Å². The fourth-order valence-electron chi connectivity index (χ4n) is 3.86. The number of benzene rings is 2. The molecule has 2 aromatic carbocycles. The highest BCUT2D eigenvalue weighted by Gasteiger charge is 2.35. The standard InChI is InChI=1S/C19H18N2O3/c1-21-6-5-11-8-15-18(24-10-23-15)17-14-4-3-13(22-2)7-12(14)9-20-19(21)16(11)17/h3-4,7-9,19H,5-6,10H2,1-2H3/t19-/m1/s1. The molecule has 3 heterocycles. The number of hydrogen-bond donors (Lipinski definition) is 0. The summed E-state index contributed by atoms with van der Waals surface area (Å²) in [5.41, 5.74) is 5.83. The molecule has 0 unspecified atom stereocenters. The molecule has 0 amide bonds. The molecule has 1 atom stereocenters. The summed E-state index contributed by atoms with van der Waals surface area (Å²) in [5.74, 6) is 2.51. The lowest BCUT2D eigenvalue weighted by atomic mass is 9.87. The van der Waals surface area contributed by atoms with Gasteiger partial charge in [0.25, 0.3) is 0 Å². The Morgan fingerprint density at radius 3 is 3.04 bits per heavy atom. The number of nitrogens with zero attached hydrogens (tertiary/aromatic N) is 2. The Kier molecular flexibility index (Phi) is 2.88. The smallest absolute Gasteiger partial charge is 0.231 e. The van der Waals surface area contributed by atoms with Crippen molar-refractivity contribution in [1.29, 1.82) is 0 Å². The lowest BCUT2D eigenvalue weighted by Gasteiger charge is -2.33. The molecular formula is C19H18N2O3. The first-order chi connectivity index (χ1) is 11.8. The Morgan fingerprint density at radius 2 is 2.17 bits per heavy atom. The van der Waals surface area contributed by atoms with Gasteiger partial charge in [-0.05, 0) is 48.9 Å². The zero-order chi connectivity index (χ0) is 16.3. The predicted octanol–water partition coefficient (Wildman–Crippen LogP) is 3.01. The summed E-state index contributed by atoms with van der Waals surface area (Å²) in [6.07, 6.45) is 2.96. The molecule has 3 aliphatic rings. The van der Waals surface area contributed by atoms with E-state index in [0.29, 0.717) is 0 Å². The molecule has 0 saturated heterocycles. The molecule has 2 aromatic rings. The maximum Gasteiger partial charge on any atom is 0.231 e. The fraction of sp³-hybridized carbons (Fsp3) is 0.316. The highest BCUT2D eigenvalue weighted by Crippen LogP contribution is 2.51. The molecule has 5 rings (SSSR count). The zero-order valence-corrected chi connectivity index (χ0v) is 13.7. The SMILES string of the molecule is COc1ccc2c(c1)C=N[C@H]1c3c(cc4c(c3-2)OCO4)CCN1C. The lowest BCUT2D eigenvalue weighted by molar-refractivity contribution is 0.174. The van der Waals surface area contributed by atoms with Crippen LogP contribution < -0.4 is 14.2 Å². The second-order valence-corrected chi connectivity index (χ2v) is 6.39. The minimum Gasteiger partial charge on any atom is -0.497 e. The molecule has 0 N–H and O–H groups in total. The van der Waals surface area contributed by atoms with Gasteiger partial charge in [0.15, 0.2) is 11.5 Å². The van der Waals surface area contributed by atoms with Crippen molar-refractivity contribution in [3.05, 3.63) is 41.0 Å². The maximum atomic E-state index is 5.85. The summed E-state index contributed by atoms with van der Waals surface area (Å²) in [6.45, 7) is 1.26. The van der Waals surface area contributed by atoms with Crippen LogP contribution in [0, 0.1) is 0 Å². The van der Waals surface area contributed by atoms with Crippen LogP contribution in [0.2, 0.25) is 0 Å². The third kappa shape index (κ3) is 1.82. The number of hydrogen-bond acceptors (Lipinski definition) is 5. The van der Waals surface area contributed by atoms with E-state index < -0.39 is 0 Å². The molecule has 0 radical (unpaired) electrons. The number of aliphatic imine (C=N–C) groups is 1. The van der Waals surface area contributed by atoms with Gasteiger partial charge in [-0.3, -0.25) is 9.89 Å². The van der Waals surface area contributed by atoms with Gasteiger partial charge < -0.3 is 14.2 Å². The highest BCUT2D eigenvalue weighted by molar-refractivity contribution is 5.96. The van der Waals surface area contributed by atoms with Crippen molar-refractivity contribution < 1.29 is 14.2 Å². The first-order valence-electron chi connectivity index (χ1n) is 8.13. The van der Waals surface area contributed by atoms with Gasteiger partial charge in [-0.1, -0.05) is 0 Å². The Labute approximate surface area is 140 Å². The summed E-state index contributed by atoms with van der Waals surface area (Å²) in [7, 11) is 3.80. The van der Waals surface area contributed by atoms with Gasteiger partial charge in [0.05, 0.1) is 7.11 Å². The average molecular weight is 322 g/mol. The molecule has 0 saturated carbocycles. The van der Waals surface area contributed by atoms with E-state index >= 15 is 0 Å². The van der Waals surface area contributed by atoms with Crippen molar-refractivity contribution in [3.63, 3.8) is 0 Å². The Bertz CT molecular complexity index is 875. The summed E-state index contributed by atoms with van der Waals surface area (Å²) in [6, 6.07) is 8.23. The van der Waals surface area contributed by atoms with E-state index in [-0.39, 0.29) is 13.0 Å². The third-order valence-electron chi connectivity index (χ3n) is 5.08. The molecule has 3 aliphatic heterocycles. The summed E-state index contributed by atoms with van der Waals surface area (Å²) >= 11 is 0. The van der Waals surface area contributed by atoms with E-state index in [0.717, 1.165) is 46.9 Å². The number of likely N-dealkylation sites (N-methyl/N-ethyl adjacent to an activating group) is 1. The van der Waals surface area contributed by atoms with Crippen molar-refractivity contribution in [1.82, 2.24) is 4.90 Å². The third-order valence-corrected chi connectivity index (χ3v) is 5.08. The molecule has 5 heteroatoms. The molecule has 122 valence electrons. The Balaban J connectivity index is 1.86. The molecule has 0 aromatic heterocycles. The normalized spacial score (nSPS) is 20.3. The van der Waals surface area contributed by atoms with Crippen LogP contribution in [0.1, 0.15) is 22.9 Å². The fourth-order valence-corrected chi connectivity index (χ4v) is 3.86. The van der Waals surface area contributed by atoms with E-state index in [4.69, 9.17) is 19.2 Å². The minimum atomic E-state index is 0.0108. The monoisotopic (exact) mass is 322 g/mol. The van der Waals surface area contributed by atoms with E-state index in [1.54, 1.807) is 7.11 Å². The van der Waals surface area contributed by atoms with Gasteiger partial charge in [0.2, 0.25) is 6.79 Å². The minimum absolute atomic E-state index is 0.0108. The van der Waals surface area contributed by atoms with Crippen molar-refractivity contribution >= 4 is 6.21 Å². The molecular weight excluding hydrogens is 304 g/mol. The molecule has 0 bridgehead atoms. The van der Waals surface area contributed by atoms with Gasteiger partial charge in [-0.15, -0.1) is 0 Å². The van der Waals surface area contributed by atoms with Crippen LogP contribution in [0.25, 0.3) is 11.1 Å². The van der Waals surface area contributed by atoms with Gasteiger partial charge in [-0.2, -0.15) is 0 Å². The predicted molar refractivity (Wildman–Crippen MR) is 91.2 cm³/mol. The maximum absolute atomic E-state index is 5.85. The number of rotatable bonds is 1. The van der Waals surface area contributed by atoms with Gasteiger partial charge >= 0.3 is 0 Å². The molecule has 24 heavy (non-hydrogen) atoms. The topological polar surface area (TPSA) is 43.3 Å². The van der Waals surface area contributed by atoms with Crippen molar-refractivity contribution in [2.75, 3.05) is 27.5 Å². The number of ether oxygens (including phenoxy) is 3. The molecule has 0 spiro atoms. The van der Waals surface area contributed by atoms with Crippen molar-refractivity contribution in [3.8, 4) is 28.4 Å². The highest BCUT2D eigenvalue weighted by atomic mass is 16.7. The molecule has 0 aliphatic carbocycles. The van der Waals surface area contributed by atoms with Gasteiger partial charge in [0.1, 0.15) is 11.9 Å². The first kappa shape index (κ1) is 13.9. The van der Waals surface area contributed by atoms with E-state index in [2.05, 4.69) is 24.1 Å². The van der Waals surface area contributed by atoms with Crippen LogP contribution >= 0.6 is 0 Å². The van der Waals surface area contributed by atoms with Crippen molar-refractivity contribution in [2.24, 2.45) is 4.99 Å².